The summed E-state index contributed by atoms with van der Waals surface area (Å²) in [6.07, 6.45) is 1.96. The number of benzene rings is 2. The summed E-state index contributed by atoms with van der Waals surface area (Å²) in [5.74, 6) is 0.782. The molecule has 0 radical (unpaired) electrons. The lowest BCUT2D eigenvalue weighted by atomic mass is 10.1. The highest BCUT2D eigenvalue weighted by Gasteiger charge is 2.32. The number of amides is 1. The average molecular weight is 563 g/mol. The summed E-state index contributed by atoms with van der Waals surface area (Å²) in [5, 5.41) is 11.1. The Morgan fingerprint density at radius 1 is 1.08 bits per heavy atom. The SMILES string of the molecule is COc1ccc(S(=O)(=O)N(CC2CCCC2)C[C@@H](O)CN(CCc2ccccc2)C(=O)OC2COCO2)cc1. The molecule has 0 aromatic heterocycles. The molecule has 10 nitrogen and oxygen atoms in total. The second-order valence-corrected chi connectivity index (χ2v) is 11.9. The van der Waals surface area contributed by atoms with E-state index >= 15 is 0 Å². The summed E-state index contributed by atoms with van der Waals surface area (Å²) in [5.41, 5.74) is 1.02. The minimum Gasteiger partial charge on any atom is -0.497 e. The fourth-order valence-electron chi connectivity index (χ4n) is 4.93. The molecule has 1 heterocycles. The lowest BCUT2D eigenvalue weighted by Crippen LogP contribution is -2.46. The van der Waals surface area contributed by atoms with Crippen LogP contribution in [0.1, 0.15) is 31.2 Å². The predicted octanol–water partition coefficient (Wildman–Crippen LogP) is 3.25. The van der Waals surface area contributed by atoms with Crippen molar-refractivity contribution < 1.29 is 37.3 Å². The van der Waals surface area contributed by atoms with Crippen LogP contribution in [0, 0.1) is 5.92 Å². The van der Waals surface area contributed by atoms with Crippen molar-refractivity contribution in [1.82, 2.24) is 9.21 Å². The maximum Gasteiger partial charge on any atom is 0.412 e. The van der Waals surface area contributed by atoms with Crippen LogP contribution >= 0.6 is 0 Å². The lowest BCUT2D eigenvalue weighted by molar-refractivity contribution is -0.0776. The second kappa shape index (κ2) is 14.1. The molecule has 2 fully saturated rings. The first-order valence-corrected chi connectivity index (χ1v) is 14.8. The average Bonchev–Trinajstić information content (AvgIpc) is 3.66. The number of methoxy groups -OCH3 is 1. The molecule has 2 aliphatic rings. The van der Waals surface area contributed by atoms with E-state index < -0.39 is 28.5 Å². The van der Waals surface area contributed by atoms with Crippen LogP contribution in [0.25, 0.3) is 0 Å². The molecular formula is C28H38N2O8S. The number of hydrogen-bond acceptors (Lipinski definition) is 8. The second-order valence-electron chi connectivity index (χ2n) is 9.95. The Morgan fingerprint density at radius 2 is 1.79 bits per heavy atom. The van der Waals surface area contributed by atoms with Gasteiger partial charge in [-0.3, -0.25) is 0 Å². The van der Waals surface area contributed by atoms with Gasteiger partial charge in [0.15, 0.2) is 6.79 Å². The van der Waals surface area contributed by atoms with E-state index in [-0.39, 0.29) is 43.8 Å². The van der Waals surface area contributed by atoms with Gasteiger partial charge in [-0.15, -0.1) is 0 Å². The Balaban J connectivity index is 1.47. The number of carbonyl (C=O) groups excluding carboxylic acids is 1. The van der Waals surface area contributed by atoms with Crippen LogP contribution in [0.3, 0.4) is 0 Å². The molecule has 1 saturated carbocycles. The molecule has 0 spiro atoms. The van der Waals surface area contributed by atoms with Crippen LogP contribution in [0.15, 0.2) is 59.5 Å². The zero-order valence-electron chi connectivity index (χ0n) is 22.3. The molecule has 0 bridgehead atoms. The number of ether oxygens (including phenoxy) is 4. The van der Waals surface area contributed by atoms with Gasteiger partial charge in [0, 0.05) is 19.6 Å². The first-order valence-electron chi connectivity index (χ1n) is 13.4. The first-order chi connectivity index (χ1) is 18.8. The smallest absolute Gasteiger partial charge is 0.412 e. The largest absolute Gasteiger partial charge is 0.497 e. The number of nitrogens with zero attached hydrogens (tertiary/aromatic N) is 2. The molecule has 1 amide bonds. The molecule has 11 heteroatoms. The van der Waals surface area contributed by atoms with Crippen molar-refractivity contribution >= 4 is 16.1 Å². The minimum absolute atomic E-state index is 0.0456. The van der Waals surface area contributed by atoms with Crippen molar-refractivity contribution in [3.8, 4) is 5.75 Å². The molecule has 1 aliphatic carbocycles. The number of carbonyl (C=O) groups is 1. The van der Waals surface area contributed by atoms with Crippen LogP contribution in [0.4, 0.5) is 4.79 Å². The van der Waals surface area contributed by atoms with Gasteiger partial charge < -0.3 is 29.0 Å². The summed E-state index contributed by atoms with van der Waals surface area (Å²) in [7, 11) is -2.37. The number of rotatable bonds is 13. The van der Waals surface area contributed by atoms with E-state index in [1.54, 1.807) is 12.1 Å². The van der Waals surface area contributed by atoms with Gasteiger partial charge in [-0.1, -0.05) is 43.2 Å². The first kappa shape index (κ1) is 29.3. The molecule has 1 saturated heterocycles. The Morgan fingerprint density at radius 3 is 2.44 bits per heavy atom. The van der Waals surface area contributed by atoms with Crippen molar-refractivity contribution in [3.05, 3.63) is 60.2 Å². The van der Waals surface area contributed by atoms with E-state index in [2.05, 4.69) is 0 Å². The standard InChI is InChI=1S/C28H38N2O8S/c1-35-25-11-13-26(14-12-25)39(33,34)30(17-23-9-5-6-10-23)19-24(31)18-29(16-15-22-7-3-2-4-8-22)28(32)38-27-20-36-21-37-27/h2-4,7-8,11-14,23-24,27,31H,5-6,9-10,15-21H2,1H3/t24-,27?/m0/s1. The van der Waals surface area contributed by atoms with E-state index in [0.717, 1.165) is 31.2 Å². The van der Waals surface area contributed by atoms with Gasteiger partial charge in [0.05, 0.1) is 24.7 Å². The summed E-state index contributed by atoms with van der Waals surface area (Å²) in [4.78, 5) is 14.5. The van der Waals surface area contributed by atoms with Crippen LogP contribution in [0.5, 0.6) is 5.75 Å². The van der Waals surface area contributed by atoms with Crippen molar-refractivity contribution in [2.75, 3.05) is 46.7 Å². The number of sulfonamides is 1. The number of aliphatic hydroxyl groups excluding tert-OH is 1. The molecule has 1 N–H and O–H groups in total. The topological polar surface area (TPSA) is 115 Å². The molecule has 1 unspecified atom stereocenters. The third-order valence-corrected chi connectivity index (χ3v) is 8.92. The van der Waals surface area contributed by atoms with Gasteiger partial charge in [-0.05, 0) is 55.0 Å². The normalized spacial score (nSPS) is 18.8. The molecule has 1 aliphatic heterocycles. The molecule has 4 rings (SSSR count). The van der Waals surface area contributed by atoms with Gasteiger partial charge in [-0.2, -0.15) is 4.31 Å². The highest BCUT2D eigenvalue weighted by Crippen LogP contribution is 2.28. The third kappa shape index (κ3) is 8.39. The Hall–Kier alpha value is -2.70. The monoisotopic (exact) mass is 562 g/mol. The van der Waals surface area contributed by atoms with Gasteiger partial charge in [-0.25, -0.2) is 13.2 Å². The van der Waals surface area contributed by atoms with Crippen molar-refractivity contribution in [2.45, 2.75) is 49.4 Å². The highest BCUT2D eigenvalue weighted by molar-refractivity contribution is 7.89. The number of aliphatic hydroxyl groups is 1. The summed E-state index contributed by atoms with van der Waals surface area (Å²) < 4.78 is 49.6. The molecule has 2 atom stereocenters. The van der Waals surface area contributed by atoms with Gasteiger partial charge in [0.1, 0.15) is 12.4 Å². The fourth-order valence-corrected chi connectivity index (χ4v) is 6.49. The van der Waals surface area contributed by atoms with Crippen LogP contribution in [0.2, 0.25) is 0 Å². The maximum absolute atomic E-state index is 13.7. The zero-order chi connectivity index (χ0) is 27.7. The van der Waals surface area contributed by atoms with Crippen LogP contribution in [-0.2, 0) is 30.7 Å². The number of hydrogen-bond donors (Lipinski definition) is 1. The quantitative estimate of drug-likeness (QED) is 0.396. The van der Waals surface area contributed by atoms with E-state index in [1.807, 2.05) is 30.3 Å². The van der Waals surface area contributed by atoms with E-state index in [9.17, 15) is 18.3 Å². The fraction of sp³-hybridized carbons (Fsp3) is 0.536. The van der Waals surface area contributed by atoms with Gasteiger partial charge >= 0.3 is 6.09 Å². The Labute approximate surface area is 230 Å². The van der Waals surface area contributed by atoms with E-state index in [0.29, 0.717) is 18.7 Å². The van der Waals surface area contributed by atoms with E-state index in [1.165, 1.54) is 28.4 Å². The Bertz CT molecular complexity index is 1130. The molecule has 2 aromatic carbocycles. The van der Waals surface area contributed by atoms with Crippen molar-refractivity contribution in [3.63, 3.8) is 0 Å². The van der Waals surface area contributed by atoms with Gasteiger partial charge in [0.2, 0.25) is 16.3 Å². The van der Waals surface area contributed by atoms with Crippen LogP contribution < -0.4 is 4.74 Å². The highest BCUT2D eigenvalue weighted by atomic mass is 32.2. The lowest BCUT2D eigenvalue weighted by Gasteiger charge is -2.30. The van der Waals surface area contributed by atoms with E-state index in [4.69, 9.17) is 18.9 Å². The van der Waals surface area contributed by atoms with Crippen molar-refractivity contribution in [2.24, 2.45) is 5.92 Å². The maximum atomic E-state index is 13.7. The zero-order valence-corrected chi connectivity index (χ0v) is 23.1. The summed E-state index contributed by atoms with van der Waals surface area (Å²) in [6, 6.07) is 15.9. The summed E-state index contributed by atoms with van der Waals surface area (Å²) >= 11 is 0. The molecule has 2 aromatic rings. The Kier molecular flexibility index (Phi) is 10.6. The third-order valence-electron chi connectivity index (χ3n) is 7.07. The molecule has 214 valence electrons. The van der Waals surface area contributed by atoms with Crippen LogP contribution in [-0.4, -0.2) is 87.9 Å². The van der Waals surface area contributed by atoms with Gasteiger partial charge in [0.25, 0.3) is 0 Å². The predicted molar refractivity (Wildman–Crippen MR) is 144 cm³/mol. The minimum atomic E-state index is -3.89. The molecular weight excluding hydrogens is 524 g/mol. The molecule has 39 heavy (non-hydrogen) atoms. The van der Waals surface area contributed by atoms with Crippen molar-refractivity contribution in [1.29, 1.82) is 0 Å². The summed E-state index contributed by atoms with van der Waals surface area (Å²) in [6.45, 7) is 0.524.